The SMILES string of the molecule is CC[C@H](C)[C@H](NS(=O)(=O)c1c(Cl)cc(Br)cc1Cl)C(=O)O. The quantitative estimate of drug-likeness (QED) is 0.739. The van der Waals surface area contributed by atoms with Crippen molar-refractivity contribution in [1.82, 2.24) is 4.72 Å². The second-order valence-corrected chi connectivity index (χ2v) is 7.90. The van der Waals surface area contributed by atoms with E-state index in [4.69, 9.17) is 28.3 Å². The molecule has 0 saturated heterocycles. The van der Waals surface area contributed by atoms with Crippen molar-refractivity contribution in [3.05, 3.63) is 26.7 Å². The number of rotatable bonds is 6. The number of hydrogen-bond acceptors (Lipinski definition) is 3. The molecule has 0 spiro atoms. The maximum atomic E-state index is 12.4. The summed E-state index contributed by atoms with van der Waals surface area (Å²) in [5.41, 5.74) is 0. The molecule has 0 unspecified atom stereocenters. The maximum Gasteiger partial charge on any atom is 0.322 e. The minimum atomic E-state index is -4.15. The Balaban J connectivity index is 3.26. The number of carboxylic acids is 1. The molecule has 0 aliphatic heterocycles. The molecule has 1 aromatic rings. The van der Waals surface area contributed by atoms with Crippen LogP contribution in [0.2, 0.25) is 10.0 Å². The largest absolute Gasteiger partial charge is 0.480 e. The first kappa shape index (κ1) is 18.7. The number of carbonyl (C=O) groups is 1. The third-order valence-electron chi connectivity index (χ3n) is 2.99. The van der Waals surface area contributed by atoms with Gasteiger partial charge in [0, 0.05) is 4.47 Å². The van der Waals surface area contributed by atoms with Crippen molar-refractivity contribution in [3.63, 3.8) is 0 Å². The van der Waals surface area contributed by atoms with E-state index in [1.54, 1.807) is 13.8 Å². The number of nitrogens with one attached hydrogen (secondary N) is 1. The lowest BCUT2D eigenvalue weighted by Crippen LogP contribution is -2.45. The molecule has 0 saturated carbocycles. The van der Waals surface area contributed by atoms with Crippen molar-refractivity contribution in [2.45, 2.75) is 31.2 Å². The van der Waals surface area contributed by atoms with Gasteiger partial charge in [-0.15, -0.1) is 0 Å². The first-order valence-electron chi connectivity index (χ1n) is 5.99. The van der Waals surface area contributed by atoms with E-state index in [0.29, 0.717) is 10.9 Å². The molecular weight excluding hydrogens is 405 g/mol. The van der Waals surface area contributed by atoms with Crippen molar-refractivity contribution in [2.24, 2.45) is 5.92 Å². The first-order valence-corrected chi connectivity index (χ1v) is 9.03. The molecule has 118 valence electrons. The summed E-state index contributed by atoms with van der Waals surface area (Å²) in [4.78, 5) is 10.9. The number of benzene rings is 1. The predicted molar refractivity (Wildman–Crippen MR) is 85.4 cm³/mol. The van der Waals surface area contributed by atoms with Crippen LogP contribution in [0, 0.1) is 5.92 Å². The highest BCUT2D eigenvalue weighted by Gasteiger charge is 2.31. The van der Waals surface area contributed by atoms with Gasteiger partial charge in [0.2, 0.25) is 10.0 Å². The lowest BCUT2D eigenvalue weighted by molar-refractivity contribution is -0.140. The molecule has 5 nitrogen and oxygen atoms in total. The van der Waals surface area contributed by atoms with Gasteiger partial charge in [0.15, 0.2) is 0 Å². The summed E-state index contributed by atoms with van der Waals surface area (Å²) in [5.74, 6) is -1.64. The van der Waals surface area contributed by atoms with Gasteiger partial charge >= 0.3 is 5.97 Å². The fourth-order valence-corrected chi connectivity index (χ4v) is 4.89. The Morgan fingerprint density at radius 2 is 1.86 bits per heavy atom. The zero-order valence-electron chi connectivity index (χ0n) is 11.2. The average molecular weight is 419 g/mol. The van der Waals surface area contributed by atoms with Gasteiger partial charge in [0.1, 0.15) is 10.9 Å². The summed E-state index contributed by atoms with van der Waals surface area (Å²) in [7, 11) is -4.15. The van der Waals surface area contributed by atoms with E-state index in [-0.39, 0.29) is 20.9 Å². The van der Waals surface area contributed by atoms with Crippen molar-refractivity contribution in [3.8, 4) is 0 Å². The minimum absolute atomic E-state index is 0.0878. The van der Waals surface area contributed by atoms with Gasteiger partial charge in [-0.2, -0.15) is 4.72 Å². The highest BCUT2D eigenvalue weighted by atomic mass is 79.9. The van der Waals surface area contributed by atoms with Crippen LogP contribution in [0.25, 0.3) is 0 Å². The molecule has 2 N–H and O–H groups in total. The van der Waals surface area contributed by atoms with E-state index in [0.717, 1.165) is 0 Å². The number of aliphatic carboxylic acids is 1. The highest BCUT2D eigenvalue weighted by Crippen LogP contribution is 2.33. The van der Waals surface area contributed by atoms with Crippen LogP contribution in [0.4, 0.5) is 0 Å². The average Bonchev–Trinajstić information content (AvgIpc) is 2.33. The highest BCUT2D eigenvalue weighted by molar-refractivity contribution is 9.10. The molecule has 2 atom stereocenters. The Labute approximate surface area is 141 Å². The summed E-state index contributed by atoms with van der Waals surface area (Å²) >= 11 is 15.0. The fraction of sp³-hybridized carbons (Fsp3) is 0.417. The van der Waals surface area contributed by atoms with Crippen LogP contribution < -0.4 is 4.72 Å². The van der Waals surface area contributed by atoms with E-state index >= 15 is 0 Å². The second kappa shape index (κ2) is 7.28. The summed E-state index contributed by atoms with van der Waals surface area (Å²) in [6.45, 7) is 3.42. The zero-order chi connectivity index (χ0) is 16.4. The summed E-state index contributed by atoms with van der Waals surface area (Å²) in [5, 5.41) is 8.99. The second-order valence-electron chi connectivity index (χ2n) is 4.52. The molecule has 0 bridgehead atoms. The summed E-state index contributed by atoms with van der Waals surface area (Å²) in [6.07, 6.45) is 0.501. The fourth-order valence-electron chi connectivity index (χ4n) is 1.66. The third-order valence-corrected chi connectivity index (χ3v) is 5.81. The van der Waals surface area contributed by atoms with E-state index in [1.165, 1.54) is 12.1 Å². The summed E-state index contributed by atoms with van der Waals surface area (Å²) < 4.78 is 27.4. The Kier molecular flexibility index (Phi) is 6.49. The van der Waals surface area contributed by atoms with Crippen LogP contribution in [0.15, 0.2) is 21.5 Å². The van der Waals surface area contributed by atoms with E-state index in [9.17, 15) is 13.2 Å². The topological polar surface area (TPSA) is 83.5 Å². The molecule has 0 radical (unpaired) electrons. The van der Waals surface area contributed by atoms with Crippen molar-refractivity contribution >= 4 is 55.1 Å². The van der Waals surface area contributed by atoms with Gasteiger partial charge in [-0.05, 0) is 18.1 Å². The van der Waals surface area contributed by atoms with Crippen LogP contribution >= 0.6 is 39.1 Å². The van der Waals surface area contributed by atoms with E-state index < -0.39 is 22.0 Å². The monoisotopic (exact) mass is 417 g/mol. The van der Waals surface area contributed by atoms with Crippen molar-refractivity contribution < 1.29 is 18.3 Å². The molecule has 0 fully saturated rings. The number of sulfonamides is 1. The molecule has 0 aromatic heterocycles. The van der Waals surface area contributed by atoms with Gasteiger partial charge in [0.05, 0.1) is 10.0 Å². The molecule has 9 heteroatoms. The standard InChI is InChI=1S/C12H14BrCl2NO4S/c1-3-6(2)10(12(17)18)16-21(19,20)11-8(14)4-7(13)5-9(11)15/h4-6,10,16H,3H2,1-2H3,(H,17,18)/t6-,10-/m0/s1. The minimum Gasteiger partial charge on any atom is -0.480 e. The third kappa shape index (κ3) is 4.56. The van der Waals surface area contributed by atoms with Gasteiger partial charge < -0.3 is 5.11 Å². The lowest BCUT2D eigenvalue weighted by Gasteiger charge is -2.20. The normalized spacial score (nSPS) is 14.7. The van der Waals surface area contributed by atoms with Crippen LogP contribution in [-0.4, -0.2) is 25.5 Å². The summed E-state index contributed by atoms with van der Waals surface area (Å²) in [6, 6.07) is 1.50. The maximum absolute atomic E-state index is 12.4. The molecule has 21 heavy (non-hydrogen) atoms. The van der Waals surface area contributed by atoms with Gasteiger partial charge in [-0.1, -0.05) is 59.4 Å². The smallest absolute Gasteiger partial charge is 0.322 e. The van der Waals surface area contributed by atoms with Crippen LogP contribution in [-0.2, 0) is 14.8 Å². The van der Waals surface area contributed by atoms with E-state index in [1.807, 2.05) is 0 Å². The van der Waals surface area contributed by atoms with Gasteiger partial charge in [0.25, 0.3) is 0 Å². The Hall–Kier alpha value is -0.340. The van der Waals surface area contributed by atoms with Crippen LogP contribution in [0.3, 0.4) is 0 Å². The van der Waals surface area contributed by atoms with Crippen LogP contribution in [0.5, 0.6) is 0 Å². The lowest BCUT2D eigenvalue weighted by atomic mass is 10.0. The Bertz CT molecular complexity index is 628. The number of hydrogen-bond donors (Lipinski definition) is 2. The van der Waals surface area contributed by atoms with Gasteiger partial charge in [-0.3, -0.25) is 4.79 Å². The van der Waals surface area contributed by atoms with Gasteiger partial charge in [-0.25, -0.2) is 8.42 Å². The van der Waals surface area contributed by atoms with Crippen molar-refractivity contribution in [2.75, 3.05) is 0 Å². The first-order chi connectivity index (χ1) is 9.60. The Morgan fingerprint density at radius 3 is 2.24 bits per heavy atom. The molecule has 1 rings (SSSR count). The zero-order valence-corrected chi connectivity index (χ0v) is 15.1. The predicted octanol–water partition coefficient (Wildman–Crippen LogP) is 3.53. The Morgan fingerprint density at radius 1 is 1.38 bits per heavy atom. The molecule has 0 aliphatic rings. The molecule has 0 heterocycles. The van der Waals surface area contributed by atoms with E-state index in [2.05, 4.69) is 20.7 Å². The molecular formula is C12H14BrCl2NO4S. The van der Waals surface area contributed by atoms with Crippen molar-refractivity contribution in [1.29, 1.82) is 0 Å². The molecule has 1 aromatic carbocycles. The number of carboxylic acid groups (broad SMARTS) is 1. The molecule has 0 amide bonds. The number of halogens is 3. The van der Waals surface area contributed by atoms with Crippen LogP contribution in [0.1, 0.15) is 20.3 Å². The molecule has 0 aliphatic carbocycles.